The summed E-state index contributed by atoms with van der Waals surface area (Å²) in [6.07, 6.45) is 0. The minimum Gasteiger partial charge on any atom is -0.496 e. The second kappa shape index (κ2) is 7.37. The molecule has 2 rings (SSSR count). The van der Waals surface area contributed by atoms with Crippen LogP contribution in [-0.4, -0.2) is 13.7 Å². The van der Waals surface area contributed by atoms with E-state index in [4.69, 9.17) is 39.5 Å². The van der Waals surface area contributed by atoms with Crippen molar-refractivity contribution in [2.45, 2.75) is 13.0 Å². The molecule has 1 atom stereocenters. The fourth-order valence-corrected chi connectivity index (χ4v) is 2.82. The zero-order valence-electron chi connectivity index (χ0n) is 11.8. The minimum absolute atomic E-state index is 0.117. The van der Waals surface area contributed by atoms with Gasteiger partial charge < -0.3 is 10.1 Å². The lowest BCUT2D eigenvalue weighted by molar-refractivity contribution is 0.404. The van der Waals surface area contributed by atoms with Gasteiger partial charge in [0.25, 0.3) is 0 Å². The standard InChI is InChI=1S/C16H16Cl3NO/c1-3-20-16(13-8-10(17)5-7-14(13)19)12-6-4-11(18)9-15(12)21-2/h4-9,16,20H,3H2,1-2H3. The first kappa shape index (κ1) is 16.4. The van der Waals surface area contributed by atoms with Crippen molar-refractivity contribution in [3.05, 3.63) is 62.6 Å². The lowest BCUT2D eigenvalue weighted by atomic mass is 9.97. The van der Waals surface area contributed by atoms with Gasteiger partial charge >= 0.3 is 0 Å². The van der Waals surface area contributed by atoms with Crippen LogP contribution in [0.15, 0.2) is 36.4 Å². The molecule has 0 amide bonds. The van der Waals surface area contributed by atoms with E-state index in [-0.39, 0.29) is 6.04 Å². The molecule has 0 saturated heterocycles. The average Bonchev–Trinajstić information content (AvgIpc) is 2.48. The Morgan fingerprint density at radius 1 is 1.00 bits per heavy atom. The van der Waals surface area contributed by atoms with E-state index in [0.717, 1.165) is 17.7 Å². The zero-order chi connectivity index (χ0) is 15.4. The van der Waals surface area contributed by atoms with Crippen LogP contribution in [0.4, 0.5) is 0 Å². The number of nitrogens with one attached hydrogen (secondary N) is 1. The maximum absolute atomic E-state index is 6.34. The van der Waals surface area contributed by atoms with Crippen LogP contribution in [0.5, 0.6) is 5.75 Å². The molecule has 0 radical (unpaired) electrons. The third-order valence-electron chi connectivity index (χ3n) is 3.18. The van der Waals surface area contributed by atoms with Crippen LogP contribution in [0.1, 0.15) is 24.1 Å². The Morgan fingerprint density at radius 2 is 1.67 bits per heavy atom. The Hall–Kier alpha value is -0.930. The number of ether oxygens (including phenoxy) is 1. The van der Waals surface area contributed by atoms with Crippen LogP contribution in [0.3, 0.4) is 0 Å². The summed E-state index contributed by atoms with van der Waals surface area (Å²) in [6.45, 7) is 2.81. The van der Waals surface area contributed by atoms with Gasteiger partial charge in [-0.25, -0.2) is 0 Å². The van der Waals surface area contributed by atoms with E-state index in [2.05, 4.69) is 5.32 Å². The van der Waals surface area contributed by atoms with Gasteiger partial charge in [-0.05, 0) is 42.4 Å². The van der Waals surface area contributed by atoms with Crippen LogP contribution in [0.2, 0.25) is 15.1 Å². The molecular formula is C16H16Cl3NO. The van der Waals surface area contributed by atoms with E-state index in [1.165, 1.54) is 0 Å². The lowest BCUT2D eigenvalue weighted by Crippen LogP contribution is -2.23. The molecule has 0 fully saturated rings. The number of rotatable bonds is 5. The van der Waals surface area contributed by atoms with Crippen molar-refractivity contribution in [1.29, 1.82) is 0 Å². The van der Waals surface area contributed by atoms with Gasteiger partial charge in [0, 0.05) is 20.6 Å². The molecule has 0 bridgehead atoms. The molecular weight excluding hydrogens is 329 g/mol. The van der Waals surface area contributed by atoms with E-state index >= 15 is 0 Å². The highest BCUT2D eigenvalue weighted by Gasteiger charge is 2.20. The maximum Gasteiger partial charge on any atom is 0.125 e. The molecule has 112 valence electrons. The largest absolute Gasteiger partial charge is 0.496 e. The highest BCUT2D eigenvalue weighted by Crippen LogP contribution is 2.36. The normalized spacial score (nSPS) is 12.2. The van der Waals surface area contributed by atoms with Crippen LogP contribution < -0.4 is 10.1 Å². The van der Waals surface area contributed by atoms with Crippen LogP contribution in [-0.2, 0) is 0 Å². The van der Waals surface area contributed by atoms with Gasteiger partial charge in [-0.15, -0.1) is 0 Å². The molecule has 2 aromatic carbocycles. The van der Waals surface area contributed by atoms with Gasteiger partial charge in [0.1, 0.15) is 5.75 Å². The summed E-state index contributed by atoms with van der Waals surface area (Å²) in [5.74, 6) is 0.712. The molecule has 0 aromatic heterocycles. The second-order valence-electron chi connectivity index (χ2n) is 4.54. The first-order chi connectivity index (χ1) is 10.1. The van der Waals surface area contributed by atoms with Crippen LogP contribution in [0.25, 0.3) is 0 Å². The smallest absolute Gasteiger partial charge is 0.125 e. The van der Waals surface area contributed by atoms with Gasteiger partial charge in [0.2, 0.25) is 0 Å². The molecule has 0 saturated carbocycles. The molecule has 0 spiro atoms. The summed E-state index contributed by atoms with van der Waals surface area (Å²) in [6, 6.07) is 10.9. The molecule has 0 heterocycles. The highest BCUT2D eigenvalue weighted by atomic mass is 35.5. The van der Waals surface area contributed by atoms with Crippen LogP contribution >= 0.6 is 34.8 Å². The predicted octanol–water partition coefficient (Wildman–Crippen LogP) is 5.35. The summed E-state index contributed by atoms with van der Waals surface area (Å²) in [7, 11) is 1.62. The first-order valence-electron chi connectivity index (χ1n) is 6.58. The number of benzene rings is 2. The van der Waals surface area contributed by atoms with Crippen molar-refractivity contribution >= 4 is 34.8 Å². The average molecular weight is 345 g/mol. The molecule has 1 unspecified atom stereocenters. The van der Waals surface area contributed by atoms with E-state index in [0.29, 0.717) is 20.8 Å². The maximum atomic E-state index is 6.34. The Morgan fingerprint density at radius 3 is 2.33 bits per heavy atom. The Kier molecular flexibility index (Phi) is 5.77. The molecule has 0 aliphatic heterocycles. The molecule has 0 aliphatic carbocycles. The van der Waals surface area contributed by atoms with Crippen molar-refractivity contribution in [1.82, 2.24) is 5.32 Å². The summed E-state index contributed by atoms with van der Waals surface area (Å²) >= 11 is 18.5. The monoisotopic (exact) mass is 343 g/mol. The summed E-state index contributed by atoms with van der Waals surface area (Å²) < 4.78 is 5.44. The molecule has 1 N–H and O–H groups in total. The topological polar surface area (TPSA) is 21.3 Å². The number of methoxy groups -OCH3 is 1. The van der Waals surface area contributed by atoms with Gasteiger partial charge in [0.15, 0.2) is 0 Å². The minimum atomic E-state index is -0.117. The van der Waals surface area contributed by atoms with E-state index < -0.39 is 0 Å². The van der Waals surface area contributed by atoms with Crippen molar-refractivity contribution in [2.75, 3.05) is 13.7 Å². The van der Waals surface area contributed by atoms with Gasteiger partial charge in [-0.3, -0.25) is 0 Å². The van der Waals surface area contributed by atoms with E-state index in [9.17, 15) is 0 Å². The molecule has 0 aliphatic rings. The van der Waals surface area contributed by atoms with E-state index in [1.807, 2.05) is 25.1 Å². The number of hydrogen-bond donors (Lipinski definition) is 1. The third kappa shape index (κ3) is 3.83. The van der Waals surface area contributed by atoms with Crippen molar-refractivity contribution in [2.24, 2.45) is 0 Å². The molecule has 5 heteroatoms. The molecule has 2 nitrogen and oxygen atoms in total. The van der Waals surface area contributed by atoms with Crippen molar-refractivity contribution in [3.8, 4) is 5.75 Å². The number of hydrogen-bond acceptors (Lipinski definition) is 2. The summed E-state index contributed by atoms with van der Waals surface area (Å²) in [4.78, 5) is 0. The summed E-state index contributed by atoms with van der Waals surface area (Å²) in [5.41, 5.74) is 1.87. The lowest BCUT2D eigenvalue weighted by Gasteiger charge is -2.22. The Bertz CT molecular complexity index is 631. The molecule has 21 heavy (non-hydrogen) atoms. The van der Waals surface area contributed by atoms with Crippen molar-refractivity contribution < 1.29 is 4.74 Å². The fraction of sp³-hybridized carbons (Fsp3) is 0.250. The quantitative estimate of drug-likeness (QED) is 0.789. The SMILES string of the molecule is CCNC(c1cc(Cl)ccc1Cl)c1ccc(Cl)cc1OC. The molecule has 2 aromatic rings. The fourth-order valence-electron chi connectivity index (χ4n) is 2.25. The van der Waals surface area contributed by atoms with Gasteiger partial charge in [0.05, 0.1) is 13.2 Å². The summed E-state index contributed by atoms with van der Waals surface area (Å²) in [5, 5.41) is 5.34. The Balaban J connectivity index is 2.55. The highest BCUT2D eigenvalue weighted by molar-refractivity contribution is 6.33. The number of halogens is 3. The first-order valence-corrected chi connectivity index (χ1v) is 7.72. The van der Waals surface area contributed by atoms with Gasteiger partial charge in [-0.2, -0.15) is 0 Å². The third-order valence-corrected chi connectivity index (χ3v) is 4.00. The van der Waals surface area contributed by atoms with Gasteiger partial charge in [-0.1, -0.05) is 47.8 Å². The Labute approximate surface area is 140 Å². The zero-order valence-corrected chi connectivity index (χ0v) is 14.1. The second-order valence-corrected chi connectivity index (χ2v) is 5.82. The van der Waals surface area contributed by atoms with E-state index in [1.54, 1.807) is 25.3 Å². The van der Waals surface area contributed by atoms with Crippen LogP contribution in [0, 0.1) is 0 Å². The van der Waals surface area contributed by atoms with Crippen molar-refractivity contribution in [3.63, 3.8) is 0 Å². The predicted molar refractivity (Wildman–Crippen MR) is 90.0 cm³/mol.